The van der Waals surface area contributed by atoms with E-state index in [4.69, 9.17) is 0 Å². The lowest BCUT2D eigenvalue weighted by Gasteiger charge is -2.41. The summed E-state index contributed by atoms with van der Waals surface area (Å²) in [5.74, 6) is 0.726. The van der Waals surface area contributed by atoms with E-state index < -0.39 is 0 Å². The van der Waals surface area contributed by atoms with Crippen molar-refractivity contribution in [3.63, 3.8) is 0 Å². The normalized spacial score (nSPS) is 20.1. The molecule has 1 nitrogen and oxygen atoms in total. The van der Waals surface area contributed by atoms with Gasteiger partial charge in [0.05, 0.1) is 0 Å². The van der Waals surface area contributed by atoms with Gasteiger partial charge in [0.15, 0.2) is 0 Å². The first-order chi connectivity index (χ1) is 9.55. The van der Waals surface area contributed by atoms with E-state index in [0.29, 0.717) is 11.5 Å². The summed E-state index contributed by atoms with van der Waals surface area (Å²) < 4.78 is 0. The molecule has 1 heteroatoms. The molecule has 0 radical (unpaired) electrons. The number of benzene rings is 1. The average molecular weight is 273 g/mol. The maximum atomic E-state index is 3.61. The first kappa shape index (κ1) is 15.6. The third-order valence-corrected chi connectivity index (χ3v) is 4.91. The highest BCUT2D eigenvalue weighted by atomic mass is 14.9. The first-order valence-electron chi connectivity index (χ1n) is 8.31. The first-order valence-corrected chi connectivity index (χ1v) is 8.31. The van der Waals surface area contributed by atoms with Crippen LogP contribution < -0.4 is 5.32 Å². The molecule has 1 aliphatic rings. The lowest BCUT2D eigenvalue weighted by atomic mass is 9.68. The van der Waals surface area contributed by atoms with E-state index in [1.807, 2.05) is 0 Å². The molecule has 0 spiro atoms. The van der Waals surface area contributed by atoms with Crippen LogP contribution >= 0.6 is 0 Å². The monoisotopic (exact) mass is 273 g/mol. The Morgan fingerprint density at radius 1 is 1.15 bits per heavy atom. The minimum absolute atomic E-state index is 0.420. The summed E-state index contributed by atoms with van der Waals surface area (Å²) in [5, 5.41) is 3.61. The van der Waals surface area contributed by atoms with Crippen LogP contribution in [0, 0.1) is 11.3 Å². The van der Waals surface area contributed by atoms with Gasteiger partial charge in [-0.05, 0) is 48.8 Å². The van der Waals surface area contributed by atoms with Crippen molar-refractivity contribution >= 4 is 0 Å². The van der Waals surface area contributed by atoms with Crippen molar-refractivity contribution in [1.29, 1.82) is 0 Å². The van der Waals surface area contributed by atoms with Crippen molar-refractivity contribution in [2.45, 2.75) is 65.3 Å². The molecule has 1 unspecified atom stereocenters. The fourth-order valence-electron chi connectivity index (χ4n) is 3.94. The van der Waals surface area contributed by atoms with Crippen molar-refractivity contribution in [2.24, 2.45) is 11.3 Å². The summed E-state index contributed by atoms with van der Waals surface area (Å²) in [6.07, 6.45) is 8.08. The van der Waals surface area contributed by atoms with Gasteiger partial charge in [-0.25, -0.2) is 0 Å². The van der Waals surface area contributed by atoms with E-state index in [0.717, 1.165) is 5.92 Å². The van der Waals surface area contributed by atoms with Crippen LogP contribution in [0.2, 0.25) is 0 Å². The number of hydrogen-bond donors (Lipinski definition) is 1. The van der Waals surface area contributed by atoms with Gasteiger partial charge in [-0.2, -0.15) is 0 Å². The molecule has 0 saturated heterocycles. The fraction of sp³-hybridized carbons (Fsp3) is 0.684. The third-order valence-electron chi connectivity index (χ3n) is 4.91. The Kier molecular flexibility index (Phi) is 5.26. The second-order valence-corrected chi connectivity index (χ2v) is 7.28. The molecular weight excluding hydrogens is 242 g/mol. The largest absolute Gasteiger partial charge is 0.313 e. The molecule has 1 N–H and O–H groups in total. The molecule has 0 aromatic heterocycles. The summed E-state index contributed by atoms with van der Waals surface area (Å²) in [5.41, 5.74) is 3.39. The van der Waals surface area contributed by atoms with Crippen LogP contribution in [0.5, 0.6) is 0 Å². The van der Waals surface area contributed by atoms with Crippen molar-refractivity contribution in [3.8, 4) is 0 Å². The molecule has 112 valence electrons. The Morgan fingerprint density at radius 2 is 1.85 bits per heavy atom. The smallest absolute Gasteiger partial charge is 0.0372 e. The molecule has 2 rings (SSSR count). The van der Waals surface area contributed by atoms with Crippen LogP contribution in [0.1, 0.15) is 70.0 Å². The molecule has 0 bridgehead atoms. The highest BCUT2D eigenvalue weighted by Crippen LogP contribution is 2.45. The van der Waals surface area contributed by atoms with Gasteiger partial charge in [0.1, 0.15) is 0 Å². The predicted octanol–water partition coefficient (Wildman–Crippen LogP) is 5.12. The number of nitrogens with one attached hydrogen (secondary N) is 1. The molecule has 1 aromatic rings. The molecule has 1 fully saturated rings. The van der Waals surface area contributed by atoms with E-state index in [-0.39, 0.29) is 0 Å². The summed E-state index contributed by atoms with van der Waals surface area (Å²) in [6.45, 7) is 7.07. The average Bonchev–Trinajstić information content (AvgIpc) is 2.39. The van der Waals surface area contributed by atoms with Crippen molar-refractivity contribution in [1.82, 2.24) is 5.32 Å². The summed E-state index contributed by atoms with van der Waals surface area (Å²) in [7, 11) is 2.12. The Balaban J connectivity index is 2.22. The standard InChI is InChI=1S/C19H31N/c1-15(2)13-16-9-8-10-17(14-16)18(20-4)19(3)11-6-5-7-12-19/h8-10,14-15,18,20H,5-7,11-13H2,1-4H3. The van der Waals surface area contributed by atoms with Crippen LogP contribution in [-0.4, -0.2) is 7.05 Å². The Bertz CT molecular complexity index is 416. The van der Waals surface area contributed by atoms with Crippen molar-refractivity contribution in [3.05, 3.63) is 35.4 Å². The van der Waals surface area contributed by atoms with Crippen LogP contribution in [0.4, 0.5) is 0 Å². The predicted molar refractivity (Wildman–Crippen MR) is 88.0 cm³/mol. The van der Waals surface area contributed by atoms with Gasteiger partial charge in [0.25, 0.3) is 0 Å². The molecule has 20 heavy (non-hydrogen) atoms. The number of rotatable bonds is 5. The third kappa shape index (κ3) is 3.63. The summed E-state index contributed by atoms with van der Waals surface area (Å²) in [6, 6.07) is 9.75. The Labute approximate surface area is 125 Å². The number of hydrogen-bond acceptors (Lipinski definition) is 1. The van der Waals surface area contributed by atoms with Gasteiger partial charge in [0, 0.05) is 6.04 Å². The van der Waals surface area contributed by atoms with Crippen LogP contribution in [0.25, 0.3) is 0 Å². The van der Waals surface area contributed by atoms with E-state index in [2.05, 4.69) is 57.4 Å². The quantitative estimate of drug-likeness (QED) is 0.785. The minimum Gasteiger partial charge on any atom is -0.313 e. The van der Waals surface area contributed by atoms with Gasteiger partial charge in [-0.3, -0.25) is 0 Å². The van der Waals surface area contributed by atoms with Gasteiger partial charge in [-0.1, -0.05) is 64.3 Å². The molecule has 1 aromatic carbocycles. The van der Waals surface area contributed by atoms with Gasteiger partial charge in [-0.15, -0.1) is 0 Å². The second kappa shape index (κ2) is 6.76. The van der Waals surface area contributed by atoms with E-state index in [1.54, 1.807) is 0 Å². The summed E-state index contributed by atoms with van der Waals surface area (Å²) in [4.78, 5) is 0. The zero-order valence-corrected chi connectivity index (χ0v) is 13.7. The van der Waals surface area contributed by atoms with Crippen molar-refractivity contribution < 1.29 is 0 Å². The summed E-state index contributed by atoms with van der Waals surface area (Å²) >= 11 is 0. The SMILES string of the molecule is CNC(c1cccc(CC(C)C)c1)C1(C)CCCCC1. The van der Waals surface area contributed by atoms with Gasteiger partial charge >= 0.3 is 0 Å². The Hall–Kier alpha value is -0.820. The van der Waals surface area contributed by atoms with Crippen LogP contribution in [-0.2, 0) is 6.42 Å². The topological polar surface area (TPSA) is 12.0 Å². The maximum absolute atomic E-state index is 3.61. The zero-order valence-electron chi connectivity index (χ0n) is 13.7. The zero-order chi connectivity index (χ0) is 14.6. The molecule has 0 amide bonds. The molecule has 1 aliphatic carbocycles. The van der Waals surface area contributed by atoms with E-state index in [1.165, 1.54) is 49.7 Å². The fourth-order valence-corrected chi connectivity index (χ4v) is 3.94. The van der Waals surface area contributed by atoms with E-state index in [9.17, 15) is 0 Å². The lowest BCUT2D eigenvalue weighted by molar-refractivity contribution is 0.150. The molecular formula is C19H31N. The minimum atomic E-state index is 0.420. The van der Waals surface area contributed by atoms with E-state index >= 15 is 0 Å². The second-order valence-electron chi connectivity index (χ2n) is 7.28. The Morgan fingerprint density at radius 3 is 2.45 bits per heavy atom. The van der Waals surface area contributed by atoms with Gasteiger partial charge in [0.2, 0.25) is 0 Å². The molecule has 0 heterocycles. The highest BCUT2D eigenvalue weighted by Gasteiger charge is 2.35. The molecule has 1 atom stereocenters. The van der Waals surface area contributed by atoms with Crippen molar-refractivity contribution in [2.75, 3.05) is 7.05 Å². The van der Waals surface area contributed by atoms with Gasteiger partial charge < -0.3 is 5.32 Å². The lowest BCUT2D eigenvalue weighted by Crippen LogP contribution is -2.36. The molecule has 1 saturated carbocycles. The van der Waals surface area contributed by atoms with Crippen LogP contribution in [0.3, 0.4) is 0 Å². The maximum Gasteiger partial charge on any atom is 0.0372 e. The van der Waals surface area contributed by atoms with Crippen LogP contribution in [0.15, 0.2) is 24.3 Å². The highest BCUT2D eigenvalue weighted by molar-refractivity contribution is 5.28. The molecule has 0 aliphatic heterocycles.